The molecule has 0 spiro atoms. The highest BCUT2D eigenvalue weighted by Gasteiger charge is 2.31. The third-order valence-electron chi connectivity index (χ3n) is 5.76. The van der Waals surface area contributed by atoms with E-state index >= 15 is 0 Å². The molecule has 0 saturated heterocycles. The molecule has 4 aromatic carbocycles. The van der Waals surface area contributed by atoms with E-state index in [2.05, 4.69) is 10.3 Å². The van der Waals surface area contributed by atoms with Gasteiger partial charge in [0.15, 0.2) is 5.69 Å². The average Bonchev–Trinajstić information content (AvgIpc) is 2.92. The molecule has 0 unspecified atom stereocenters. The molecule has 1 aromatic heterocycles. The minimum absolute atomic E-state index is 0.0218. The summed E-state index contributed by atoms with van der Waals surface area (Å²) >= 11 is 0. The maximum atomic E-state index is 13.4. The van der Waals surface area contributed by atoms with Gasteiger partial charge >= 0.3 is 6.18 Å². The van der Waals surface area contributed by atoms with Crippen LogP contribution in [0.1, 0.15) is 21.6 Å². The van der Waals surface area contributed by atoms with Crippen LogP contribution in [0.25, 0.3) is 16.7 Å². The van der Waals surface area contributed by atoms with Gasteiger partial charge in [-0.25, -0.2) is 4.98 Å². The summed E-state index contributed by atoms with van der Waals surface area (Å²) in [6.07, 6.45) is -4.59. The third-order valence-corrected chi connectivity index (χ3v) is 5.76. The van der Waals surface area contributed by atoms with Crippen molar-refractivity contribution in [3.63, 3.8) is 0 Å². The fourth-order valence-electron chi connectivity index (χ4n) is 3.92. The third kappa shape index (κ3) is 5.27. The molecule has 190 valence electrons. The number of para-hydroxylation sites is 3. The Bertz CT molecular complexity index is 1660. The first kappa shape index (κ1) is 24.8. The molecule has 1 N–H and O–H groups in total. The summed E-state index contributed by atoms with van der Waals surface area (Å²) in [6, 6.07) is 27.1. The Hall–Kier alpha value is -4.92. The van der Waals surface area contributed by atoms with Crippen molar-refractivity contribution < 1.29 is 22.7 Å². The maximum absolute atomic E-state index is 13.4. The van der Waals surface area contributed by atoms with Crippen molar-refractivity contribution in [3.8, 4) is 17.2 Å². The largest absolute Gasteiger partial charge is 0.457 e. The van der Waals surface area contributed by atoms with Crippen LogP contribution in [0.4, 0.5) is 13.2 Å². The minimum Gasteiger partial charge on any atom is -0.457 e. The molecule has 0 bridgehead atoms. The predicted molar refractivity (Wildman–Crippen MR) is 136 cm³/mol. The lowest BCUT2D eigenvalue weighted by atomic mass is 10.1. The van der Waals surface area contributed by atoms with Crippen molar-refractivity contribution in [3.05, 3.63) is 130 Å². The second kappa shape index (κ2) is 10.2. The lowest BCUT2D eigenvalue weighted by molar-refractivity contribution is -0.137. The number of nitrogens with zero attached hydrogens (tertiary/aromatic N) is 2. The van der Waals surface area contributed by atoms with Gasteiger partial charge in [0.05, 0.1) is 16.6 Å². The maximum Gasteiger partial charge on any atom is 0.416 e. The van der Waals surface area contributed by atoms with Gasteiger partial charge in [-0.15, -0.1) is 0 Å². The number of alkyl halides is 3. The number of benzene rings is 4. The zero-order chi connectivity index (χ0) is 26.7. The molecule has 5 rings (SSSR count). The van der Waals surface area contributed by atoms with Gasteiger partial charge in [-0.2, -0.15) is 13.2 Å². The van der Waals surface area contributed by atoms with Gasteiger partial charge in [0.2, 0.25) is 0 Å². The Labute approximate surface area is 215 Å². The number of hydrogen-bond acceptors (Lipinski definition) is 4. The fourth-order valence-corrected chi connectivity index (χ4v) is 3.92. The molecule has 38 heavy (non-hydrogen) atoms. The molecule has 1 amide bonds. The van der Waals surface area contributed by atoms with E-state index in [1.165, 1.54) is 12.1 Å². The van der Waals surface area contributed by atoms with Crippen molar-refractivity contribution in [2.75, 3.05) is 0 Å². The van der Waals surface area contributed by atoms with Gasteiger partial charge < -0.3 is 10.1 Å². The monoisotopic (exact) mass is 515 g/mol. The Kier molecular flexibility index (Phi) is 6.66. The van der Waals surface area contributed by atoms with Crippen LogP contribution < -0.4 is 15.6 Å². The number of rotatable bonds is 6. The number of fused-ring (bicyclic) bond motifs is 1. The summed E-state index contributed by atoms with van der Waals surface area (Å²) in [5.41, 5.74) is -0.866. The molecular weight excluding hydrogens is 495 g/mol. The number of aromatic nitrogens is 2. The zero-order valence-electron chi connectivity index (χ0n) is 19.8. The first-order chi connectivity index (χ1) is 18.3. The Morgan fingerprint density at radius 3 is 2.26 bits per heavy atom. The van der Waals surface area contributed by atoms with Crippen LogP contribution in [0.15, 0.2) is 108 Å². The van der Waals surface area contributed by atoms with E-state index < -0.39 is 28.9 Å². The van der Waals surface area contributed by atoms with Crippen molar-refractivity contribution in [1.29, 1.82) is 0 Å². The number of carbonyl (C=O) groups is 1. The van der Waals surface area contributed by atoms with E-state index in [1.54, 1.807) is 48.5 Å². The summed E-state index contributed by atoms with van der Waals surface area (Å²) in [6.45, 7) is 0.0992. The van der Waals surface area contributed by atoms with E-state index in [9.17, 15) is 22.8 Å². The molecule has 0 aliphatic carbocycles. The van der Waals surface area contributed by atoms with E-state index in [1.807, 2.05) is 30.3 Å². The quantitative estimate of drug-likeness (QED) is 0.295. The van der Waals surface area contributed by atoms with Crippen molar-refractivity contribution in [2.24, 2.45) is 0 Å². The Balaban J connectivity index is 1.41. The topological polar surface area (TPSA) is 73.2 Å². The highest BCUT2D eigenvalue weighted by Crippen LogP contribution is 2.30. The summed E-state index contributed by atoms with van der Waals surface area (Å²) in [5.74, 6) is 0.561. The van der Waals surface area contributed by atoms with Crippen LogP contribution >= 0.6 is 0 Å². The Morgan fingerprint density at radius 2 is 1.53 bits per heavy atom. The predicted octanol–water partition coefficient (Wildman–Crippen LogP) is 6.13. The van der Waals surface area contributed by atoms with Crippen LogP contribution in [-0.2, 0) is 12.7 Å². The number of hydrogen-bond donors (Lipinski definition) is 1. The molecule has 0 fully saturated rings. The fraction of sp³-hybridized carbons (Fsp3) is 0.0690. The molecule has 9 heteroatoms. The molecule has 6 nitrogen and oxygen atoms in total. The molecule has 0 atom stereocenters. The van der Waals surface area contributed by atoms with Crippen LogP contribution in [0, 0.1) is 0 Å². The lowest BCUT2D eigenvalue weighted by Gasteiger charge is -2.14. The molecule has 0 aliphatic rings. The van der Waals surface area contributed by atoms with Crippen molar-refractivity contribution in [2.45, 2.75) is 12.7 Å². The summed E-state index contributed by atoms with van der Waals surface area (Å²) in [5, 5.41) is 2.67. The Morgan fingerprint density at radius 1 is 0.842 bits per heavy atom. The van der Waals surface area contributed by atoms with Crippen molar-refractivity contribution in [1.82, 2.24) is 14.9 Å². The van der Waals surface area contributed by atoms with Gasteiger partial charge in [0.25, 0.3) is 11.5 Å². The van der Waals surface area contributed by atoms with E-state index in [0.29, 0.717) is 11.5 Å². The van der Waals surface area contributed by atoms with E-state index in [-0.39, 0.29) is 23.3 Å². The van der Waals surface area contributed by atoms with E-state index in [0.717, 1.165) is 22.3 Å². The second-order valence-electron chi connectivity index (χ2n) is 8.38. The highest BCUT2D eigenvalue weighted by atomic mass is 19.4. The highest BCUT2D eigenvalue weighted by molar-refractivity contribution is 5.94. The molecule has 5 aromatic rings. The summed E-state index contributed by atoms with van der Waals surface area (Å²) < 4.78 is 46.8. The smallest absolute Gasteiger partial charge is 0.416 e. The number of halogens is 3. The van der Waals surface area contributed by atoms with Gasteiger partial charge in [0, 0.05) is 12.2 Å². The van der Waals surface area contributed by atoms with E-state index in [4.69, 9.17) is 4.74 Å². The SMILES string of the molecule is O=C(NCc1ccc(Oc2ccccc2)cc1)c1nc2ccccc2n(-c2cccc(C(F)(F)F)c2)c1=O. The average molecular weight is 515 g/mol. The minimum atomic E-state index is -4.59. The molecule has 0 saturated carbocycles. The molecule has 0 aliphatic heterocycles. The molecule has 1 heterocycles. The van der Waals surface area contributed by atoms with Crippen LogP contribution in [0.5, 0.6) is 11.5 Å². The van der Waals surface area contributed by atoms with Crippen LogP contribution in [-0.4, -0.2) is 15.5 Å². The lowest BCUT2D eigenvalue weighted by Crippen LogP contribution is -2.34. The van der Waals surface area contributed by atoms with Crippen LogP contribution in [0.2, 0.25) is 0 Å². The molecular formula is C29H20F3N3O3. The van der Waals surface area contributed by atoms with Gasteiger partial charge in [-0.1, -0.05) is 48.5 Å². The normalized spacial score (nSPS) is 11.3. The first-order valence-corrected chi connectivity index (χ1v) is 11.6. The first-order valence-electron chi connectivity index (χ1n) is 11.6. The number of amides is 1. The van der Waals surface area contributed by atoms with Gasteiger partial charge in [-0.05, 0) is 60.2 Å². The van der Waals surface area contributed by atoms with Gasteiger partial charge in [-0.3, -0.25) is 14.2 Å². The second-order valence-corrected chi connectivity index (χ2v) is 8.38. The molecule has 0 radical (unpaired) electrons. The summed E-state index contributed by atoms with van der Waals surface area (Å²) in [7, 11) is 0. The van der Waals surface area contributed by atoms with Crippen molar-refractivity contribution >= 4 is 16.9 Å². The summed E-state index contributed by atoms with van der Waals surface area (Å²) in [4.78, 5) is 30.6. The van der Waals surface area contributed by atoms with Crippen LogP contribution in [0.3, 0.4) is 0 Å². The standard InChI is InChI=1S/C29H20F3N3O3/c30-29(31,32)20-7-6-8-21(17-20)35-25-12-5-4-11-24(25)34-26(28(35)37)27(36)33-18-19-13-15-23(16-14-19)38-22-9-2-1-3-10-22/h1-17H,18H2,(H,33,36). The zero-order valence-corrected chi connectivity index (χ0v) is 19.8. The number of ether oxygens (including phenoxy) is 1. The van der Waals surface area contributed by atoms with Gasteiger partial charge in [0.1, 0.15) is 11.5 Å². The number of carbonyl (C=O) groups excluding carboxylic acids is 1. The number of nitrogens with one attached hydrogen (secondary N) is 1.